The van der Waals surface area contributed by atoms with Crippen molar-refractivity contribution < 1.29 is 13.6 Å². The third-order valence-corrected chi connectivity index (χ3v) is 5.56. The summed E-state index contributed by atoms with van der Waals surface area (Å²) in [5, 5.41) is 11.4. The number of carbonyl (C=O) groups excluding carboxylic acids is 1. The number of pyridine rings is 1. The highest BCUT2D eigenvalue weighted by atomic mass is 32.2. The standard InChI is InChI=1S/C12H11F2N3OS.C7H6N2/c13-8-2-5(16-4-18)1-7(10(8)14)11-6-3-9(6)19-12(15)17-11;1-6-2-3-7(4-8)5-9-6/h1-2,4,6,9,11H,3H2,(H2,15,17)(H,16,18);2-3,5H,1H3. The van der Waals surface area contributed by atoms with Gasteiger partial charge in [-0.05, 0) is 37.5 Å². The Labute approximate surface area is 164 Å². The molecule has 1 aromatic carbocycles. The van der Waals surface area contributed by atoms with Gasteiger partial charge in [0.1, 0.15) is 6.07 Å². The lowest BCUT2D eigenvalue weighted by Crippen LogP contribution is -2.18. The van der Waals surface area contributed by atoms with Crippen LogP contribution in [-0.4, -0.2) is 21.8 Å². The lowest BCUT2D eigenvalue weighted by atomic mass is 10.0. The van der Waals surface area contributed by atoms with Crippen molar-refractivity contribution in [2.24, 2.45) is 16.6 Å². The average molecular weight is 401 g/mol. The first-order valence-corrected chi connectivity index (χ1v) is 9.32. The number of hydrogen-bond acceptors (Lipinski definition) is 6. The number of nitrogens with zero attached hydrogens (tertiary/aromatic N) is 3. The molecule has 0 bridgehead atoms. The van der Waals surface area contributed by atoms with Crippen molar-refractivity contribution in [3.8, 4) is 6.07 Å². The molecule has 144 valence electrons. The van der Waals surface area contributed by atoms with Gasteiger partial charge in [-0.3, -0.25) is 14.8 Å². The van der Waals surface area contributed by atoms with E-state index in [-0.39, 0.29) is 17.2 Å². The molecule has 0 spiro atoms. The lowest BCUT2D eigenvalue weighted by molar-refractivity contribution is -0.105. The smallest absolute Gasteiger partial charge is 0.211 e. The van der Waals surface area contributed by atoms with E-state index in [1.165, 1.54) is 17.8 Å². The number of benzene rings is 1. The Hall–Kier alpha value is -2.99. The molecule has 1 aromatic heterocycles. The summed E-state index contributed by atoms with van der Waals surface area (Å²) in [6, 6.07) is 7.46. The van der Waals surface area contributed by atoms with Crippen molar-refractivity contribution in [1.82, 2.24) is 4.98 Å². The Balaban J connectivity index is 0.000000211. The highest BCUT2D eigenvalue weighted by molar-refractivity contribution is 8.14. The number of halogens is 2. The molecule has 2 heterocycles. The van der Waals surface area contributed by atoms with Crippen LogP contribution in [-0.2, 0) is 4.79 Å². The molecule has 1 amide bonds. The number of fused-ring (bicyclic) bond motifs is 1. The minimum Gasteiger partial charge on any atom is -0.379 e. The molecule has 3 unspecified atom stereocenters. The highest BCUT2D eigenvalue weighted by Gasteiger charge is 2.48. The summed E-state index contributed by atoms with van der Waals surface area (Å²) < 4.78 is 27.5. The number of carbonyl (C=O) groups is 1. The number of nitriles is 1. The molecule has 4 rings (SSSR count). The minimum atomic E-state index is -0.994. The van der Waals surface area contributed by atoms with E-state index in [1.54, 1.807) is 12.3 Å². The van der Waals surface area contributed by atoms with Gasteiger partial charge < -0.3 is 11.1 Å². The Morgan fingerprint density at radius 1 is 1.39 bits per heavy atom. The second-order valence-electron chi connectivity index (χ2n) is 6.39. The van der Waals surface area contributed by atoms with Gasteiger partial charge in [0.05, 0.1) is 11.6 Å². The number of nitrogens with two attached hydrogens (primary N) is 1. The van der Waals surface area contributed by atoms with Gasteiger partial charge in [-0.25, -0.2) is 8.78 Å². The number of nitrogens with one attached hydrogen (secondary N) is 1. The maximum Gasteiger partial charge on any atom is 0.211 e. The van der Waals surface area contributed by atoms with Crippen LogP contribution in [0.3, 0.4) is 0 Å². The van der Waals surface area contributed by atoms with E-state index in [1.807, 2.05) is 19.1 Å². The molecule has 3 N–H and O–H groups in total. The number of aromatic nitrogens is 1. The zero-order chi connectivity index (χ0) is 20.3. The number of rotatable bonds is 3. The van der Waals surface area contributed by atoms with E-state index in [0.29, 0.717) is 22.4 Å². The largest absolute Gasteiger partial charge is 0.379 e. The summed E-state index contributed by atoms with van der Waals surface area (Å²) >= 11 is 1.48. The molecular weight excluding hydrogens is 384 g/mol. The molecule has 2 aliphatic rings. The molecule has 0 saturated heterocycles. The fraction of sp³-hybridized carbons (Fsp3) is 0.263. The molecule has 1 fully saturated rings. The molecule has 1 aliphatic heterocycles. The number of aryl methyl sites for hydroxylation is 1. The topological polar surface area (TPSA) is 104 Å². The number of amides is 1. The van der Waals surface area contributed by atoms with Crippen LogP contribution in [0.1, 0.15) is 29.3 Å². The van der Waals surface area contributed by atoms with Gasteiger partial charge in [-0.15, -0.1) is 0 Å². The Bertz CT molecular complexity index is 958. The second-order valence-corrected chi connectivity index (χ2v) is 7.65. The van der Waals surface area contributed by atoms with Crippen LogP contribution >= 0.6 is 11.8 Å². The van der Waals surface area contributed by atoms with Crippen LogP contribution in [0.2, 0.25) is 0 Å². The quantitative estimate of drug-likeness (QED) is 0.768. The van der Waals surface area contributed by atoms with Crippen LogP contribution in [0, 0.1) is 35.8 Å². The second kappa shape index (κ2) is 8.35. The predicted molar refractivity (Wildman–Crippen MR) is 104 cm³/mol. The average Bonchev–Trinajstić information content (AvgIpc) is 3.44. The van der Waals surface area contributed by atoms with Crippen LogP contribution in [0.5, 0.6) is 0 Å². The first kappa shape index (κ1) is 19.8. The number of thioether (sulfide) groups is 1. The Morgan fingerprint density at radius 3 is 2.82 bits per heavy atom. The molecule has 9 heteroatoms. The first-order chi connectivity index (χ1) is 13.4. The first-order valence-electron chi connectivity index (χ1n) is 8.44. The molecule has 0 radical (unpaired) electrons. The Morgan fingerprint density at radius 2 is 2.18 bits per heavy atom. The summed E-state index contributed by atoms with van der Waals surface area (Å²) in [6.07, 6.45) is 2.88. The zero-order valence-corrected chi connectivity index (χ0v) is 15.7. The van der Waals surface area contributed by atoms with Gasteiger partial charge in [0.2, 0.25) is 6.41 Å². The maximum atomic E-state index is 13.9. The fourth-order valence-corrected chi connectivity index (χ4v) is 4.01. The van der Waals surface area contributed by atoms with Crippen molar-refractivity contribution in [3.05, 3.63) is 58.9 Å². The van der Waals surface area contributed by atoms with E-state index in [4.69, 9.17) is 11.0 Å². The summed E-state index contributed by atoms with van der Waals surface area (Å²) in [5.74, 6) is -1.72. The van der Waals surface area contributed by atoms with Crippen LogP contribution in [0.25, 0.3) is 0 Å². The molecule has 3 atom stereocenters. The summed E-state index contributed by atoms with van der Waals surface area (Å²) in [4.78, 5) is 18.5. The third kappa shape index (κ3) is 4.46. The van der Waals surface area contributed by atoms with Gasteiger partial charge in [0.25, 0.3) is 0 Å². The molecule has 28 heavy (non-hydrogen) atoms. The van der Waals surface area contributed by atoms with Crippen LogP contribution < -0.4 is 11.1 Å². The van der Waals surface area contributed by atoms with Gasteiger partial charge in [0, 0.05) is 34.5 Å². The molecule has 1 aliphatic carbocycles. The van der Waals surface area contributed by atoms with E-state index in [9.17, 15) is 13.6 Å². The number of anilines is 1. The number of aliphatic imine (C=N–C) groups is 1. The van der Waals surface area contributed by atoms with E-state index in [2.05, 4.69) is 15.3 Å². The Kier molecular flexibility index (Phi) is 5.90. The number of amidine groups is 1. The minimum absolute atomic E-state index is 0.153. The van der Waals surface area contributed by atoms with Gasteiger partial charge in [0.15, 0.2) is 16.8 Å². The van der Waals surface area contributed by atoms with Gasteiger partial charge >= 0.3 is 0 Å². The fourth-order valence-electron chi connectivity index (χ4n) is 2.89. The van der Waals surface area contributed by atoms with Crippen molar-refractivity contribution >= 4 is 29.0 Å². The van der Waals surface area contributed by atoms with Crippen LogP contribution in [0.4, 0.5) is 14.5 Å². The highest BCUT2D eigenvalue weighted by Crippen LogP contribution is 2.54. The lowest BCUT2D eigenvalue weighted by Gasteiger charge is -2.19. The van der Waals surface area contributed by atoms with Crippen molar-refractivity contribution in [2.45, 2.75) is 24.6 Å². The van der Waals surface area contributed by atoms with Crippen molar-refractivity contribution in [3.63, 3.8) is 0 Å². The SMILES string of the molecule is Cc1ccc(C#N)cn1.NC1=NC(c2cc(NC=O)cc(F)c2F)C2CC2S1. The molecular formula is C19H17F2N5OS. The van der Waals surface area contributed by atoms with Gasteiger partial charge in [-0.2, -0.15) is 5.26 Å². The predicted octanol–water partition coefficient (Wildman–Crippen LogP) is 3.29. The number of hydrogen-bond donors (Lipinski definition) is 2. The van der Waals surface area contributed by atoms with E-state index >= 15 is 0 Å². The van der Waals surface area contributed by atoms with E-state index < -0.39 is 17.7 Å². The van der Waals surface area contributed by atoms with Gasteiger partial charge in [-0.1, -0.05) is 11.8 Å². The van der Waals surface area contributed by atoms with Crippen molar-refractivity contribution in [2.75, 3.05) is 5.32 Å². The molecule has 1 saturated carbocycles. The van der Waals surface area contributed by atoms with E-state index in [0.717, 1.165) is 18.2 Å². The zero-order valence-electron chi connectivity index (χ0n) is 14.9. The maximum absolute atomic E-state index is 13.9. The van der Waals surface area contributed by atoms with Crippen LogP contribution in [0.15, 0.2) is 35.5 Å². The normalized spacial score (nSPS) is 21.9. The third-order valence-electron chi connectivity index (χ3n) is 4.36. The molecule has 2 aromatic rings. The monoisotopic (exact) mass is 401 g/mol. The molecule has 6 nitrogen and oxygen atoms in total. The summed E-state index contributed by atoms with van der Waals surface area (Å²) in [5.41, 5.74) is 7.61. The summed E-state index contributed by atoms with van der Waals surface area (Å²) in [7, 11) is 0. The summed E-state index contributed by atoms with van der Waals surface area (Å²) in [6.45, 7) is 1.89. The van der Waals surface area contributed by atoms with Crippen molar-refractivity contribution in [1.29, 1.82) is 5.26 Å².